The summed E-state index contributed by atoms with van der Waals surface area (Å²) in [5.74, 6) is -0.534. The minimum absolute atomic E-state index is 0.267. The van der Waals surface area contributed by atoms with Crippen LogP contribution in [0.25, 0.3) is 0 Å². The highest BCUT2D eigenvalue weighted by Crippen LogP contribution is 2.31. The van der Waals surface area contributed by atoms with Gasteiger partial charge in [0.2, 0.25) is 0 Å². The highest BCUT2D eigenvalue weighted by atomic mass is 16.3. The number of hydrogen-bond acceptors (Lipinski definition) is 3. The van der Waals surface area contributed by atoms with Crippen LogP contribution < -0.4 is 0 Å². The summed E-state index contributed by atoms with van der Waals surface area (Å²) in [5, 5.41) is 9.82. The van der Waals surface area contributed by atoms with E-state index in [1.165, 1.54) is 4.90 Å². The maximum absolute atomic E-state index is 12.1. The average Bonchev–Trinajstić information content (AvgIpc) is 2.84. The second kappa shape index (κ2) is 3.67. The molecule has 4 heteroatoms. The summed E-state index contributed by atoms with van der Waals surface area (Å²) in [6, 6.07) is 6.48. The summed E-state index contributed by atoms with van der Waals surface area (Å²) in [7, 11) is 0. The van der Waals surface area contributed by atoms with Crippen LogP contribution in [0.15, 0.2) is 24.3 Å². The lowest BCUT2D eigenvalue weighted by molar-refractivity contribution is 0.0416. The molecule has 1 heterocycles. The quantitative estimate of drug-likeness (QED) is 0.739. The van der Waals surface area contributed by atoms with E-state index in [-0.39, 0.29) is 17.9 Å². The molecule has 4 nitrogen and oxygen atoms in total. The van der Waals surface area contributed by atoms with E-state index in [9.17, 15) is 14.7 Å². The van der Waals surface area contributed by atoms with Crippen LogP contribution in [0.2, 0.25) is 0 Å². The monoisotopic (exact) mass is 231 g/mol. The van der Waals surface area contributed by atoms with Crippen molar-refractivity contribution in [3.8, 4) is 0 Å². The molecule has 2 atom stereocenters. The van der Waals surface area contributed by atoms with E-state index >= 15 is 0 Å². The van der Waals surface area contributed by atoms with Crippen LogP contribution in [-0.4, -0.2) is 34.0 Å². The number of fused-ring (bicyclic) bond motifs is 1. The molecule has 0 radical (unpaired) electrons. The van der Waals surface area contributed by atoms with Crippen LogP contribution in [-0.2, 0) is 0 Å². The fourth-order valence-electron chi connectivity index (χ4n) is 2.73. The molecule has 1 saturated carbocycles. The van der Waals surface area contributed by atoms with Gasteiger partial charge in [0, 0.05) is 0 Å². The van der Waals surface area contributed by atoms with Gasteiger partial charge in [-0.1, -0.05) is 12.1 Å². The van der Waals surface area contributed by atoms with Gasteiger partial charge >= 0.3 is 0 Å². The maximum atomic E-state index is 12.1. The highest BCUT2D eigenvalue weighted by Gasteiger charge is 2.43. The third-order valence-corrected chi connectivity index (χ3v) is 3.60. The van der Waals surface area contributed by atoms with Gasteiger partial charge in [-0.3, -0.25) is 14.5 Å². The molecule has 1 aliphatic heterocycles. The molecule has 1 aromatic carbocycles. The topological polar surface area (TPSA) is 57.6 Å². The number of nitrogens with zero attached hydrogens (tertiary/aromatic N) is 1. The Morgan fingerprint density at radius 1 is 1.06 bits per heavy atom. The molecule has 1 aromatic rings. The van der Waals surface area contributed by atoms with Crippen molar-refractivity contribution in [2.45, 2.75) is 31.4 Å². The first-order valence-corrected chi connectivity index (χ1v) is 5.85. The van der Waals surface area contributed by atoms with Crippen molar-refractivity contribution >= 4 is 11.8 Å². The van der Waals surface area contributed by atoms with Crippen molar-refractivity contribution in [3.05, 3.63) is 35.4 Å². The molecular formula is C13H13NO3. The van der Waals surface area contributed by atoms with E-state index in [2.05, 4.69) is 0 Å². The van der Waals surface area contributed by atoms with Crippen LogP contribution in [0, 0.1) is 0 Å². The number of aliphatic hydroxyl groups is 1. The van der Waals surface area contributed by atoms with Crippen molar-refractivity contribution in [1.82, 2.24) is 4.90 Å². The summed E-state index contributed by atoms with van der Waals surface area (Å²) in [4.78, 5) is 25.5. The van der Waals surface area contributed by atoms with Gasteiger partial charge in [0.25, 0.3) is 11.8 Å². The van der Waals surface area contributed by atoms with Crippen molar-refractivity contribution in [3.63, 3.8) is 0 Å². The van der Waals surface area contributed by atoms with E-state index < -0.39 is 6.10 Å². The molecule has 3 rings (SSSR count). The zero-order valence-electron chi connectivity index (χ0n) is 9.30. The first kappa shape index (κ1) is 10.5. The van der Waals surface area contributed by atoms with E-state index in [0.29, 0.717) is 24.0 Å². The van der Waals surface area contributed by atoms with Gasteiger partial charge < -0.3 is 5.11 Å². The Morgan fingerprint density at radius 3 is 2.12 bits per heavy atom. The number of amides is 2. The Balaban J connectivity index is 2.00. The van der Waals surface area contributed by atoms with Gasteiger partial charge in [-0.05, 0) is 31.4 Å². The van der Waals surface area contributed by atoms with Gasteiger partial charge in [0.1, 0.15) is 0 Å². The SMILES string of the molecule is O=C1c2ccccc2C(=O)N1[C@@H]1CCC[C@H]1O. The number of rotatable bonds is 1. The number of aliphatic hydroxyl groups excluding tert-OH is 1. The molecule has 0 unspecified atom stereocenters. The van der Waals surface area contributed by atoms with Gasteiger partial charge in [-0.15, -0.1) is 0 Å². The molecule has 1 aliphatic carbocycles. The molecule has 1 fully saturated rings. The molecule has 0 saturated heterocycles. The molecule has 88 valence electrons. The van der Waals surface area contributed by atoms with Crippen molar-refractivity contribution in [2.24, 2.45) is 0 Å². The maximum Gasteiger partial charge on any atom is 0.261 e. The summed E-state index contributed by atoms with van der Waals surface area (Å²) < 4.78 is 0. The lowest BCUT2D eigenvalue weighted by atomic mass is 10.1. The zero-order chi connectivity index (χ0) is 12.0. The number of benzene rings is 1. The van der Waals surface area contributed by atoms with Gasteiger partial charge in [0.15, 0.2) is 0 Å². The van der Waals surface area contributed by atoms with Crippen molar-refractivity contribution < 1.29 is 14.7 Å². The molecule has 1 N–H and O–H groups in total. The molecule has 17 heavy (non-hydrogen) atoms. The number of carbonyl (C=O) groups excluding carboxylic acids is 2. The van der Waals surface area contributed by atoms with Crippen LogP contribution >= 0.6 is 0 Å². The molecule has 0 aromatic heterocycles. The Bertz CT molecular complexity index is 462. The van der Waals surface area contributed by atoms with E-state index in [1.54, 1.807) is 24.3 Å². The van der Waals surface area contributed by atoms with Crippen LogP contribution in [0.1, 0.15) is 40.0 Å². The Hall–Kier alpha value is -1.68. The van der Waals surface area contributed by atoms with E-state index in [0.717, 1.165) is 6.42 Å². The van der Waals surface area contributed by atoms with E-state index in [4.69, 9.17) is 0 Å². The molecule has 2 aliphatic rings. The summed E-state index contributed by atoms with van der Waals surface area (Å²) >= 11 is 0. The Labute approximate surface area is 98.9 Å². The second-order valence-corrected chi connectivity index (χ2v) is 4.59. The Morgan fingerprint density at radius 2 is 1.65 bits per heavy atom. The summed E-state index contributed by atoms with van der Waals surface area (Å²) in [6.45, 7) is 0. The third kappa shape index (κ3) is 1.41. The normalized spacial score (nSPS) is 27.7. The van der Waals surface area contributed by atoms with Gasteiger partial charge in [0.05, 0.1) is 23.3 Å². The predicted molar refractivity (Wildman–Crippen MR) is 60.6 cm³/mol. The van der Waals surface area contributed by atoms with Crippen LogP contribution in [0.4, 0.5) is 0 Å². The van der Waals surface area contributed by atoms with Gasteiger partial charge in [-0.25, -0.2) is 0 Å². The van der Waals surface area contributed by atoms with Crippen molar-refractivity contribution in [2.75, 3.05) is 0 Å². The second-order valence-electron chi connectivity index (χ2n) is 4.59. The van der Waals surface area contributed by atoms with E-state index in [1.807, 2.05) is 0 Å². The molecule has 2 amide bonds. The summed E-state index contributed by atoms with van der Waals surface area (Å²) in [6.07, 6.45) is 1.65. The lowest BCUT2D eigenvalue weighted by Gasteiger charge is -2.24. The average molecular weight is 231 g/mol. The molecule has 0 spiro atoms. The Kier molecular flexibility index (Phi) is 2.26. The summed E-state index contributed by atoms with van der Waals surface area (Å²) in [5.41, 5.74) is 0.910. The smallest absolute Gasteiger partial charge is 0.261 e. The third-order valence-electron chi connectivity index (χ3n) is 3.60. The van der Waals surface area contributed by atoms with Crippen molar-refractivity contribution in [1.29, 1.82) is 0 Å². The minimum atomic E-state index is -0.572. The fraction of sp³-hybridized carbons (Fsp3) is 0.385. The predicted octanol–water partition coefficient (Wildman–Crippen LogP) is 1.20. The largest absolute Gasteiger partial charge is 0.391 e. The van der Waals surface area contributed by atoms with Crippen LogP contribution in [0.5, 0.6) is 0 Å². The number of hydrogen-bond donors (Lipinski definition) is 1. The number of imide groups is 1. The van der Waals surface area contributed by atoms with Crippen LogP contribution in [0.3, 0.4) is 0 Å². The first-order valence-electron chi connectivity index (χ1n) is 5.85. The standard InChI is InChI=1S/C13H13NO3/c15-11-7-3-6-10(11)14-12(16)8-4-1-2-5-9(8)13(14)17/h1-2,4-5,10-11,15H,3,6-7H2/t10-,11-/m1/s1. The highest BCUT2D eigenvalue weighted by molar-refractivity contribution is 6.21. The fourth-order valence-corrected chi connectivity index (χ4v) is 2.73. The molecule has 0 bridgehead atoms. The first-order chi connectivity index (χ1) is 8.20. The zero-order valence-corrected chi connectivity index (χ0v) is 9.30. The molecular weight excluding hydrogens is 218 g/mol. The lowest BCUT2D eigenvalue weighted by Crippen LogP contribution is -2.44. The van der Waals surface area contributed by atoms with Gasteiger partial charge in [-0.2, -0.15) is 0 Å². The number of carbonyl (C=O) groups is 2. The minimum Gasteiger partial charge on any atom is -0.391 e.